The van der Waals surface area contributed by atoms with Crippen molar-refractivity contribution in [3.63, 3.8) is 0 Å². The summed E-state index contributed by atoms with van der Waals surface area (Å²) in [6, 6.07) is -2.12. The number of hydrogen-bond acceptors (Lipinski definition) is 13. The summed E-state index contributed by atoms with van der Waals surface area (Å²) in [5, 5.41) is 40.0. The molecule has 0 aromatic rings. The molecule has 1 aliphatic heterocycles. The molecule has 1 saturated heterocycles. The number of methoxy groups -OCH3 is 1. The Balaban J connectivity index is 2.65. The first-order chi connectivity index (χ1) is 23.3. The van der Waals surface area contributed by atoms with Crippen LogP contribution < -0.4 is 21.3 Å². The van der Waals surface area contributed by atoms with Crippen LogP contribution in [0.3, 0.4) is 0 Å². The number of nitrogens with one attached hydrogen (secondary N) is 4. The Morgan fingerprint density at radius 2 is 1.50 bits per heavy atom. The number of nitrogens with zero attached hydrogens (tertiary/aromatic N) is 1. The van der Waals surface area contributed by atoms with Gasteiger partial charge in [-0.05, 0) is 25.7 Å². The summed E-state index contributed by atoms with van der Waals surface area (Å²) in [5.74, 6) is -4.25. The average Bonchev–Trinajstić information content (AvgIpc) is 3.03. The number of carbonyl (C=O) groups is 6. The van der Waals surface area contributed by atoms with Crippen molar-refractivity contribution in [2.24, 2.45) is 5.92 Å². The molecule has 0 aromatic carbocycles. The molecule has 0 aliphatic carbocycles. The lowest BCUT2D eigenvalue weighted by Crippen LogP contribution is -2.60. The van der Waals surface area contributed by atoms with Crippen molar-refractivity contribution in [3.05, 3.63) is 0 Å². The maximum absolute atomic E-state index is 13.2. The van der Waals surface area contributed by atoms with E-state index >= 15 is 0 Å². The van der Waals surface area contributed by atoms with Gasteiger partial charge in [-0.25, -0.2) is 0 Å². The number of ether oxygens (including phenoxy) is 2. The third-order valence-corrected chi connectivity index (χ3v) is 8.56. The van der Waals surface area contributed by atoms with Crippen molar-refractivity contribution in [1.29, 1.82) is 0 Å². The summed E-state index contributed by atoms with van der Waals surface area (Å²) < 4.78 is 40.6. The molecule has 8 N–H and O–H groups in total. The van der Waals surface area contributed by atoms with Crippen molar-refractivity contribution in [3.8, 4) is 0 Å². The molecule has 1 fully saturated rings. The monoisotopic (exact) mass is 739 g/mol. The van der Waals surface area contributed by atoms with Crippen LogP contribution in [0.1, 0.15) is 66.2 Å². The first-order valence-corrected chi connectivity index (χ1v) is 18.0. The largest absolute Gasteiger partial charge is 0.388 e. The summed E-state index contributed by atoms with van der Waals surface area (Å²) in [7, 11) is -3.00. The smallest absolute Gasteiger partial charge is 0.266 e. The zero-order valence-corrected chi connectivity index (χ0v) is 29.9. The van der Waals surface area contributed by atoms with E-state index < -0.39 is 99.9 Å². The lowest BCUT2D eigenvalue weighted by Gasteiger charge is -2.39. The fourth-order valence-corrected chi connectivity index (χ4v) is 5.29. The molecule has 0 radical (unpaired) electrons. The molecule has 1 aliphatic rings. The molecule has 50 heavy (non-hydrogen) atoms. The van der Waals surface area contributed by atoms with Gasteiger partial charge in [0.25, 0.3) is 10.1 Å². The van der Waals surface area contributed by atoms with Gasteiger partial charge in [-0.2, -0.15) is 8.42 Å². The third-order valence-electron chi connectivity index (χ3n) is 7.84. The van der Waals surface area contributed by atoms with E-state index in [-0.39, 0.29) is 51.7 Å². The molecule has 0 aromatic heterocycles. The quantitative estimate of drug-likeness (QED) is 0.0513. The standard InChI is InChI=1S/C30H53N5O14S/c1-6-13-35(24(40)10-9-21(37)31-12-15-50(45,46)47)14-11-23(39)34-25(17(2)3)29(44)33-19(18(4)36)7-8-22(38)32-16-20-26(41)27(42)28(43)30(48-5)49-20/h17,19-20,25-28,30,41-43H,6-16H2,1-5H3,(H,31,37)(H,32,38)(H,33,44)(H,34,39)(H,45,46,47)/t19-,20+,25-,26+,27-,28+,30+/m0/s1. The van der Waals surface area contributed by atoms with Crippen LogP contribution in [0.4, 0.5) is 0 Å². The summed E-state index contributed by atoms with van der Waals surface area (Å²) in [4.78, 5) is 76.9. The zero-order valence-electron chi connectivity index (χ0n) is 29.1. The second-order valence-corrected chi connectivity index (χ2v) is 13.9. The zero-order chi connectivity index (χ0) is 38.2. The average molecular weight is 740 g/mol. The highest BCUT2D eigenvalue weighted by Crippen LogP contribution is 2.21. The van der Waals surface area contributed by atoms with Crippen LogP contribution in [0, 0.1) is 5.92 Å². The van der Waals surface area contributed by atoms with E-state index in [0.29, 0.717) is 13.0 Å². The molecule has 0 spiro atoms. The van der Waals surface area contributed by atoms with Crippen molar-refractivity contribution in [2.75, 3.05) is 39.0 Å². The second kappa shape index (κ2) is 21.8. The Labute approximate surface area is 291 Å². The molecule has 0 saturated carbocycles. The summed E-state index contributed by atoms with van der Waals surface area (Å²) in [6.45, 7) is 6.16. The minimum Gasteiger partial charge on any atom is -0.388 e. The van der Waals surface area contributed by atoms with Crippen LogP contribution in [-0.4, -0.2) is 150 Å². The highest BCUT2D eigenvalue weighted by molar-refractivity contribution is 7.85. The molecule has 19 nitrogen and oxygen atoms in total. The second-order valence-electron chi connectivity index (χ2n) is 12.3. The first kappa shape index (κ1) is 44.8. The van der Waals surface area contributed by atoms with Crippen LogP contribution in [0.2, 0.25) is 0 Å². The van der Waals surface area contributed by atoms with E-state index in [4.69, 9.17) is 14.0 Å². The fourth-order valence-electron chi connectivity index (χ4n) is 4.93. The molecule has 0 bridgehead atoms. The van der Waals surface area contributed by atoms with Gasteiger partial charge in [0.15, 0.2) is 12.1 Å². The first-order valence-electron chi connectivity index (χ1n) is 16.4. The molecular weight excluding hydrogens is 686 g/mol. The maximum Gasteiger partial charge on any atom is 0.266 e. The Hall–Kier alpha value is -3.27. The molecule has 5 amide bonds. The van der Waals surface area contributed by atoms with E-state index in [1.807, 2.05) is 6.92 Å². The Kier molecular flexibility index (Phi) is 19.5. The van der Waals surface area contributed by atoms with Crippen LogP contribution in [0.15, 0.2) is 0 Å². The highest BCUT2D eigenvalue weighted by atomic mass is 32.2. The molecule has 1 heterocycles. The number of Topliss-reactive ketones (excluding diaryl/α,β-unsaturated/α-hetero) is 1. The third kappa shape index (κ3) is 16.2. The van der Waals surface area contributed by atoms with Gasteiger partial charge in [-0.3, -0.25) is 33.3 Å². The summed E-state index contributed by atoms with van der Waals surface area (Å²) in [5.41, 5.74) is 0. The van der Waals surface area contributed by atoms with Crippen molar-refractivity contribution < 1.29 is 66.5 Å². The van der Waals surface area contributed by atoms with Crippen molar-refractivity contribution in [2.45, 2.75) is 109 Å². The van der Waals surface area contributed by atoms with Crippen LogP contribution >= 0.6 is 0 Å². The van der Waals surface area contributed by atoms with Gasteiger partial charge in [0.05, 0.1) is 11.8 Å². The lowest BCUT2D eigenvalue weighted by molar-refractivity contribution is -0.288. The van der Waals surface area contributed by atoms with Crippen molar-refractivity contribution >= 4 is 45.4 Å². The van der Waals surface area contributed by atoms with E-state index in [1.54, 1.807) is 13.8 Å². The number of rotatable bonds is 22. The molecule has 0 unspecified atom stereocenters. The summed E-state index contributed by atoms with van der Waals surface area (Å²) in [6.07, 6.45) is -7.21. The van der Waals surface area contributed by atoms with Crippen LogP contribution in [0.25, 0.3) is 0 Å². The summed E-state index contributed by atoms with van der Waals surface area (Å²) >= 11 is 0. The highest BCUT2D eigenvalue weighted by Gasteiger charge is 2.44. The molecular formula is C30H53N5O14S. The molecule has 1 rings (SSSR count). The van der Waals surface area contributed by atoms with Crippen molar-refractivity contribution in [1.82, 2.24) is 26.2 Å². The van der Waals surface area contributed by atoms with Crippen LogP contribution in [-0.2, 0) is 48.4 Å². The van der Waals surface area contributed by atoms with Gasteiger partial charge in [-0.15, -0.1) is 0 Å². The molecule has 7 atom stereocenters. The van der Waals surface area contributed by atoms with E-state index in [1.165, 1.54) is 18.9 Å². The maximum atomic E-state index is 13.2. The van der Waals surface area contributed by atoms with Gasteiger partial charge in [-0.1, -0.05) is 20.8 Å². The van der Waals surface area contributed by atoms with Gasteiger partial charge >= 0.3 is 0 Å². The number of aliphatic hydroxyl groups excluding tert-OH is 3. The van der Waals surface area contributed by atoms with Gasteiger partial charge in [0.1, 0.15) is 30.5 Å². The number of aliphatic hydroxyl groups is 3. The predicted octanol–water partition coefficient (Wildman–Crippen LogP) is -3.04. The number of carbonyl (C=O) groups excluding carboxylic acids is 6. The normalized spacial score (nSPS) is 21.8. The van der Waals surface area contributed by atoms with E-state index in [2.05, 4.69) is 21.3 Å². The number of amides is 5. The predicted molar refractivity (Wildman–Crippen MR) is 175 cm³/mol. The molecule has 288 valence electrons. The van der Waals surface area contributed by atoms with Gasteiger partial charge < -0.3 is 51.0 Å². The van der Waals surface area contributed by atoms with Gasteiger partial charge in [0.2, 0.25) is 29.5 Å². The topological polar surface area (TPSA) is 287 Å². The number of hydrogen-bond donors (Lipinski definition) is 8. The van der Waals surface area contributed by atoms with E-state index in [0.717, 1.165) is 0 Å². The fraction of sp³-hybridized carbons (Fsp3) is 0.800. The van der Waals surface area contributed by atoms with Gasteiger partial charge in [0, 0.05) is 59.0 Å². The van der Waals surface area contributed by atoms with Crippen LogP contribution in [0.5, 0.6) is 0 Å². The SMILES string of the molecule is CCCN(CCC(=O)N[C@H](C(=O)N[C@@H](CCC(=O)NC[C@H]1O[C@@H](OC)[C@H](O)[C@@H](O)[C@@H]1O)C(C)=O)C(C)C)C(=O)CCC(=O)NCCS(=O)(=O)O. The Morgan fingerprint density at radius 1 is 0.860 bits per heavy atom. The lowest BCUT2D eigenvalue weighted by atomic mass is 9.98. The number of ketones is 1. The minimum absolute atomic E-state index is 0.00487. The minimum atomic E-state index is -4.24. The Morgan fingerprint density at radius 3 is 2.06 bits per heavy atom. The Bertz CT molecular complexity index is 1260. The molecule has 20 heteroatoms. The van der Waals surface area contributed by atoms with E-state index in [9.17, 15) is 52.5 Å².